The Morgan fingerprint density at radius 2 is 1.93 bits per heavy atom. The van der Waals surface area contributed by atoms with Gasteiger partial charge in [-0.2, -0.15) is 0 Å². The number of aromatic nitrogens is 5. The first kappa shape index (κ1) is 17.4. The van der Waals surface area contributed by atoms with Crippen molar-refractivity contribution in [1.82, 2.24) is 24.7 Å². The molecule has 4 aromatic rings. The Bertz CT molecular complexity index is 1120. The number of rotatable bonds is 5. The number of hydrogen-bond acceptors (Lipinski definition) is 5. The Morgan fingerprint density at radius 3 is 2.70 bits per heavy atom. The van der Waals surface area contributed by atoms with E-state index in [1.54, 1.807) is 12.1 Å². The van der Waals surface area contributed by atoms with Crippen LogP contribution in [0.15, 0.2) is 71.6 Å². The van der Waals surface area contributed by atoms with E-state index in [-0.39, 0.29) is 5.82 Å². The van der Waals surface area contributed by atoms with Crippen molar-refractivity contribution < 1.29 is 4.39 Å². The molecule has 0 aliphatic carbocycles. The van der Waals surface area contributed by atoms with Gasteiger partial charge in [0, 0.05) is 17.5 Å². The molecule has 27 heavy (non-hydrogen) atoms. The molecule has 7 heteroatoms. The topological polar surface area (TPSA) is 56.5 Å². The third-order valence-corrected chi connectivity index (χ3v) is 5.09. The normalized spacial score (nSPS) is 11.0. The minimum absolute atomic E-state index is 0.327. The maximum atomic E-state index is 13.7. The van der Waals surface area contributed by atoms with Gasteiger partial charge >= 0.3 is 0 Å². The number of fused-ring (bicyclic) bond motifs is 1. The second kappa shape index (κ2) is 7.28. The van der Waals surface area contributed by atoms with Crippen molar-refractivity contribution in [3.8, 4) is 11.4 Å². The summed E-state index contributed by atoms with van der Waals surface area (Å²) < 4.78 is 15.7. The van der Waals surface area contributed by atoms with Crippen LogP contribution in [0.1, 0.15) is 5.56 Å². The molecule has 0 atom stereocenters. The van der Waals surface area contributed by atoms with Gasteiger partial charge < -0.3 is 0 Å². The summed E-state index contributed by atoms with van der Waals surface area (Å²) >= 11 is 1.33. The SMILES string of the molecule is C=CCn1c(Sc2ncnc3ccc(F)cc23)nnc1-c1ccc(C)cc1. The second-order valence-electron chi connectivity index (χ2n) is 6.01. The van der Waals surface area contributed by atoms with E-state index < -0.39 is 0 Å². The Hall–Kier alpha value is -3.06. The number of halogens is 1. The summed E-state index contributed by atoms with van der Waals surface area (Å²) in [6.07, 6.45) is 3.26. The van der Waals surface area contributed by atoms with Crippen LogP contribution in [-0.2, 0) is 6.54 Å². The highest BCUT2D eigenvalue weighted by molar-refractivity contribution is 7.99. The molecule has 5 nitrogen and oxygen atoms in total. The molecule has 0 aliphatic rings. The maximum Gasteiger partial charge on any atom is 0.198 e. The van der Waals surface area contributed by atoms with E-state index in [4.69, 9.17) is 0 Å². The van der Waals surface area contributed by atoms with Gasteiger partial charge in [0.25, 0.3) is 0 Å². The molecular formula is C20H16FN5S. The van der Waals surface area contributed by atoms with Gasteiger partial charge in [0.1, 0.15) is 17.2 Å². The average Bonchev–Trinajstić information content (AvgIpc) is 3.06. The van der Waals surface area contributed by atoms with Crippen LogP contribution in [0.3, 0.4) is 0 Å². The zero-order chi connectivity index (χ0) is 18.8. The van der Waals surface area contributed by atoms with Crippen LogP contribution >= 0.6 is 11.8 Å². The summed E-state index contributed by atoms with van der Waals surface area (Å²) in [5, 5.41) is 10.6. The Morgan fingerprint density at radius 1 is 1.11 bits per heavy atom. The van der Waals surface area contributed by atoms with E-state index >= 15 is 0 Å². The highest BCUT2D eigenvalue weighted by Crippen LogP contribution is 2.32. The fourth-order valence-electron chi connectivity index (χ4n) is 2.75. The highest BCUT2D eigenvalue weighted by Gasteiger charge is 2.16. The van der Waals surface area contributed by atoms with Gasteiger partial charge in [0.15, 0.2) is 11.0 Å². The zero-order valence-electron chi connectivity index (χ0n) is 14.6. The molecule has 0 saturated carbocycles. The molecule has 0 aliphatic heterocycles. The van der Waals surface area contributed by atoms with E-state index in [1.165, 1.54) is 35.8 Å². The van der Waals surface area contributed by atoms with Crippen LogP contribution in [0.2, 0.25) is 0 Å². The fourth-order valence-corrected chi connectivity index (χ4v) is 3.65. The molecule has 0 fully saturated rings. The van der Waals surface area contributed by atoms with Crippen LogP contribution in [0.25, 0.3) is 22.3 Å². The summed E-state index contributed by atoms with van der Waals surface area (Å²) in [6.45, 7) is 6.43. The monoisotopic (exact) mass is 377 g/mol. The predicted octanol–water partition coefficient (Wildman–Crippen LogP) is 4.67. The third-order valence-electron chi connectivity index (χ3n) is 4.09. The number of nitrogens with zero attached hydrogens (tertiary/aromatic N) is 5. The molecule has 2 aromatic carbocycles. The molecule has 134 valence electrons. The molecule has 2 heterocycles. The minimum atomic E-state index is -0.327. The van der Waals surface area contributed by atoms with Gasteiger partial charge in [0.05, 0.1) is 5.52 Å². The maximum absolute atomic E-state index is 13.7. The lowest BCUT2D eigenvalue weighted by Gasteiger charge is -2.08. The molecule has 0 saturated heterocycles. The van der Waals surface area contributed by atoms with E-state index in [0.29, 0.717) is 27.6 Å². The molecule has 0 radical (unpaired) electrons. The molecule has 4 rings (SSSR count). The van der Waals surface area contributed by atoms with Gasteiger partial charge in [-0.15, -0.1) is 16.8 Å². The van der Waals surface area contributed by atoms with E-state index in [1.807, 2.05) is 35.8 Å². The van der Waals surface area contributed by atoms with E-state index in [0.717, 1.165) is 11.4 Å². The molecule has 0 spiro atoms. The van der Waals surface area contributed by atoms with Crippen LogP contribution in [0.4, 0.5) is 4.39 Å². The fraction of sp³-hybridized carbons (Fsp3) is 0.100. The van der Waals surface area contributed by atoms with Crippen molar-refractivity contribution in [3.05, 3.63) is 72.8 Å². The molecule has 0 amide bonds. The molecular weight excluding hydrogens is 361 g/mol. The summed E-state index contributed by atoms with van der Waals surface area (Å²) in [4.78, 5) is 8.51. The number of benzene rings is 2. The predicted molar refractivity (Wildman–Crippen MR) is 104 cm³/mol. The first-order chi connectivity index (χ1) is 13.2. The number of hydrogen-bond donors (Lipinski definition) is 0. The van der Waals surface area contributed by atoms with Crippen molar-refractivity contribution in [2.24, 2.45) is 0 Å². The summed E-state index contributed by atoms with van der Waals surface area (Å²) in [7, 11) is 0. The van der Waals surface area contributed by atoms with Gasteiger partial charge in [-0.1, -0.05) is 35.9 Å². The molecule has 0 bridgehead atoms. The van der Waals surface area contributed by atoms with Crippen molar-refractivity contribution >= 4 is 22.7 Å². The smallest absolute Gasteiger partial charge is 0.198 e. The van der Waals surface area contributed by atoms with E-state index in [9.17, 15) is 4.39 Å². The largest absolute Gasteiger partial charge is 0.298 e. The van der Waals surface area contributed by atoms with Gasteiger partial charge in [-0.3, -0.25) is 4.57 Å². The van der Waals surface area contributed by atoms with Crippen molar-refractivity contribution in [2.75, 3.05) is 0 Å². The lowest BCUT2D eigenvalue weighted by molar-refractivity contribution is 0.629. The third kappa shape index (κ3) is 3.46. The van der Waals surface area contributed by atoms with Crippen LogP contribution in [0, 0.1) is 12.7 Å². The molecule has 2 aromatic heterocycles. The minimum Gasteiger partial charge on any atom is -0.298 e. The Kier molecular flexibility index (Phi) is 4.68. The Balaban J connectivity index is 1.78. The number of allylic oxidation sites excluding steroid dienone is 1. The van der Waals surface area contributed by atoms with E-state index in [2.05, 4.69) is 26.7 Å². The molecule has 0 N–H and O–H groups in total. The highest BCUT2D eigenvalue weighted by atomic mass is 32.2. The van der Waals surface area contributed by atoms with Gasteiger partial charge in [-0.25, -0.2) is 14.4 Å². The van der Waals surface area contributed by atoms with Crippen molar-refractivity contribution in [2.45, 2.75) is 23.7 Å². The summed E-state index contributed by atoms with van der Waals surface area (Å²) in [5.41, 5.74) is 2.83. The Labute approximate surface area is 160 Å². The zero-order valence-corrected chi connectivity index (χ0v) is 15.4. The van der Waals surface area contributed by atoms with Gasteiger partial charge in [-0.05, 0) is 36.9 Å². The lowest BCUT2D eigenvalue weighted by atomic mass is 10.1. The summed E-state index contributed by atoms with van der Waals surface area (Å²) in [5.74, 6) is 0.425. The molecule has 0 unspecified atom stereocenters. The second-order valence-corrected chi connectivity index (χ2v) is 6.97. The lowest BCUT2D eigenvalue weighted by Crippen LogP contribution is -2.01. The van der Waals surface area contributed by atoms with Gasteiger partial charge in [0.2, 0.25) is 0 Å². The standard InChI is InChI=1S/C20H16FN5S/c1-3-10-26-18(14-6-4-13(2)5-7-14)24-25-20(26)27-19-16-11-15(21)8-9-17(16)22-12-23-19/h3-9,11-12H,1,10H2,2H3. The summed E-state index contributed by atoms with van der Waals surface area (Å²) in [6, 6.07) is 12.6. The first-order valence-corrected chi connectivity index (χ1v) is 9.16. The van der Waals surface area contributed by atoms with Crippen LogP contribution in [-0.4, -0.2) is 24.7 Å². The number of aryl methyl sites for hydroxylation is 1. The van der Waals surface area contributed by atoms with Crippen LogP contribution < -0.4 is 0 Å². The average molecular weight is 377 g/mol. The van der Waals surface area contributed by atoms with Crippen molar-refractivity contribution in [1.29, 1.82) is 0 Å². The quantitative estimate of drug-likeness (QED) is 0.374. The van der Waals surface area contributed by atoms with Crippen LogP contribution in [0.5, 0.6) is 0 Å². The first-order valence-electron chi connectivity index (χ1n) is 8.35. The van der Waals surface area contributed by atoms with Crippen molar-refractivity contribution in [3.63, 3.8) is 0 Å².